The Bertz CT molecular complexity index is 706. The average molecular weight is 396 g/mol. The minimum atomic E-state index is -0.0456. The Morgan fingerprint density at radius 1 is 1.12 bits per heavy atom. The average Bonchev–Trinajstić information content (AvgIpc) is 3.00. The molecule has 2 aromatic rings. The number of para-hydroxylation sites is 1. The fourth-order valence-electron chi connectivity index (χ4n) is 3.15. The van der Waals surface area contributed by atoms with Crippen molar-refractivity contribution in [2.24, 2.45) is 5.92 Å². The third kappa shape index (κ3) is 5.37. The second-order valence-corrected chi connectivity index (χ2v) is 6.45. The van der Waals surface area contributed by atoms with Crippen LogP contribution in [0.1, 0.15) is 18.1 Å². The van der Waals surface area contributed by atoms with E-state index in [2.05, 4.69) is 51.9 Å². The molecule has 2 aromatic carbocycles. The fourth-order valence-corrected chi connectivity index (χ4v) is 3.15. The van der Waals surface area contributed by atoms with Gasteiger partial charge in [0.05, 0.1) is 0 Å². The molecule has 1 atom stereocenters. The molecule has 3 rings (SSSR count). The Kier molecular flexibility index (Phi) is 8.93. The van der Waals surface area contributed by atoms with Crippen LogP contribution in [-0.4, -0.2) is 26.0 Å². The summed E-state index contributed by atoms with van der Waals surface area (Å²) in [6.45, 7) is 4.57. The van der Waals surface area contributed by atoms with Crippen LogP contribution in [0.5, 0.6) is 0 Å². The Morgan fingerprint density at radius 2 is 1.81 bits per heavy atom. The van der Waals surface area contributed by atoms with E-state index in [1.165, 1.54) is 16.8 Å². The minimum Gasteiger partial charge on any atom is -0.367 e. The molecule has 2 N–H and O–H groups in total. The van der Waals surface area contributed by atoms with Gasteiger partial charge >= 0.3 is 0 Å². The van der Waals surface area contributed by atoms with E-state index in [1.807, 2.05) is 26.1 Å². The van der Waals surface area contributed by atoms with Crippen molar-refractivity contribution in [3.63, 3.8) is 0 Å². The molecular weight excluding hydrogens is 369 g/mol. The van der Waals surface area contributed by atoms with Crippen LogP contribution < -0.4 is 15.5 Å². The Labute approximate surface area is 168 Å². The standard InChI is InChI=1S/C20H25N3O.2ClH/c1-15(13-21-2)20(24)22-18-9-7-16(8-10-18)14-23-12-11-17-5-3-4-6-19(17)23;;/h3-10,15,21H,11-14H2,1-2H3,(H,22,24);2*1H. The van der Waals surface area contributed by atoms with Crippen molar-refractivity contribution in [3.8, 4) is 0 Å². The van der Waals surface area contributed by atoms with Crippen molar-refractivity contribution < 1.29 is 4.79 Å². The van der Waals surface area contributed by atoms with Crippen LogP contribution in [-0.2, 0) is 17.8 Å². The molecule has 26 heavy (non-hydrogen) atoms. The summed E-state index contributed by atoms with van der Waals surface area (Å²) in [7, 11) is 1.86. The van der Waals surface area contributed by atoms with Crippen LogP contribution in [0.2, 0.25) is 0 Å². The molecule has 1 heterocycles. The Morgan fingerprint density at radius 3 is 2.50 bits per heavy atom. The molecule has 0 spiro atoms. The van der Waals surface area contributed by atoms with Crippen LogP contribution in [0, 0.1) is 5.92 Å². The maximum absolute atomic E-state index is 12.0. The van der Waals surface area contributed by atoms with Crippen LogP contribution in [0.15, 0.2) is 48.5 Å². The highest BCUT2D eigenvalue weighted by Gasteiger charge is 2.18. The highest BCUT2D eigenvalue weighted by molar-refractivity contribution is 5.92. The van der Waals surface area contributed by atoms with E-state index in [-0.39, 0.29) is 36.6 Å². The highest BCUT2D eigenvalue weighted by Crippen LogP contribution is 2.28. The molecular formula is C20H27Cl2N3O. The predicted octanol–water partition coefficient (Wildman–Crippen LogP) is 3.89. The van der Waals surface area contributed by atoms with Gasteiger partial charge in [0.1, 0.15) is 0 Å². The summed E-state index contributed by atoms with van der Waals surface area (Å²) < 4.78 is 0. The zero-order valence-electron chi connectivity index (χ0n) is 15.2. The number of carbonyl (C=O) groups is 1. The molecule has 0 fully saturated rings. The van der Waals surface area contributed by atoms with Crippen molar-refractivity contribution in [2.75, 3.05) is 30.4 Å². The minimum absolute atomic E-state index is 0. The molecule has 6 heteroatoms. The van der Waals surface area contributed by atoms with Gasteiger partial charge in [-0.1, -0.05) is 37.3 Å². The predicted molar refractivity (Wildman–Crippen MR) is 114 cm³/mol. The van der Waals surface area contributed by atoms with Gasteiger partial charge in [0.25, 0.3) is 0 Å². The van der Waals surface area contributed by atoms with Gasteiger partial charge in [-0.2, -0.15) is 0 Å². The Balaban J connectivity index is 0.00000169. The molecule has 1 aliphatic heterocycles. The lowest BCUT2D eigenvalue weighted by Gasteiger charge is -2.19. The number of nitrogens with one attached hydrogen (secondary N) is 2. The second kappa shape index (κ2) is 10.4. The Hall–Kier alpha value is -1.75. The van der Waals surface area contributed by atoms with Gasteiger partial charge in [0.2, 0.25) is 5.91 Å². The van der Waals surface area contributed by atoms with E-state index in [1.54, 1.807) is 0 Å². The molecule has 1 amide bonds. The van der Waals surface area contributed by atoms with Gasteiger partial charge in [0, 0.05) is 36.9 Å². The number of carbonyl (C=O) groups excluding carboxylic acids is 1. The number of anilines is 2. The van der Waals surface area contributed by atoms with Crippen molar-refractivity contribution in [2.45, 2.75) is 19.9 Å². The lowest BCUT2D eigenvalue weighted by molar-refractivity contribution is -0.119. The number of rotatable bonds is 6. The first-order valence-electron chi connectivity index (χ1n) is 8.54. The number of hydrogen-bond donors (Lipinski definition) is 2. The van der Waals surface area contributed by atoms with Crippen molar-refractivity contribution in [1.29, 1.82) is 0 Å². The zero-order chi connectivity index (χ0) is 16.9. The quantitative estimate of drug-likeness (QED) is 0.779. The van der Waals surface area contributed by atoms with Gasteiger partial charge in [-0.05, 0) is 42.8 Å². The lowest BCUT2D eigenvalue weighted by Crippen LogP contribution is -2.28. The van der Waals surface area contributed by atoms with E-state index in [0.29, 0.717) is 6.54 Å². The fraction of sp³-hybridized carbons (Fsp3) is 0.350. The largest absolute Gasteiger partial charge is 0.367 e. The van der Waals surface area contributed by atoms with Crippen molar-refractivity contribution >= 4 is 42.1 Å². The van der Waals surface area contributed by atoms with E-state index in [9.17, 15) is 4.79 Å². The number of benzene rings is 2. The number of hydrogen-bond acceptors (Lipinski definition) is 3. The van der Waals surface area contributed by atoms with Crippen LogP contribution in [0.4, 0.5) is 11.4 Å². The van der Waals surface area contributed by atoms with Crippen LogP contribution in [0.25, 0.3) is 0 Å². The maximum Gasteiger partial charge on any atom is 0.228 e. The van der Waals surface area contributed by atoms with Crippen LogP contribution >= 0.6 is 24.8 Å². The molecule has 4 nitrogen and oxygen atoms in total. The summed E-state index contributed by atoms with van der Waals surface area (Å²) in [6.07, 6.45) is 1.12. The SMILES string of the molecule is CNCC(C)C(=O)Nc1ccc(CN2CCc3ccccc32)cc1.Cl.Cl. The van der Waals surface area contributed by atoms with Gasteiger partial charge in [-0.3, -0.25) is 4.79 Å². The second-order valence-electron chi connectivity index (χ2n) is 6.45. The van der Waals surface area contributed by atoms with Gasteiger partial charge < -0.3 is 15.5 Å². The molecule has 1 aliphatic rings. The molecule has 0 saturated heterocycles. The van der Waals surface area contributed by atoms with Gasteiger partial charge in [-0.25, -0.2) is 0 Å². The van der Waals surface area contributed by atoms with E-state index < -0.39 is 0 Å². The molecule has 0 aliphatic carbocycles. The molecule has 0 saturated carbocycles. The van der Waals surface area contributed by atoms with E-state index >= 15 is 0 Å². The topological polar surface area (TPSA) is 44.4 Å². The first-order chi connectivity index (χ1) is 11.7. The molecule has 0 radical (unpaired) electrons. The highest BCUT2D eigenvalue weighted by atomic mass is 35.5. The number of nitrogens with zero attached hydrogens (tertiary/aromatic N) is 1. The summed E-state index contributed by atoms with van der Waals surface area (Å²) in [5, 5.41) is 6.00. The van der Waals surface area contributed by atoms with Gasteiger partial charge in [-0.15, -0.1) is 24.8 Å². The van der Waals surface area contributed by atoms with Crippen molar-refractivity contribution in [1.82, 2.24) is 5.32 Å². The number of fused-ring (bicyclic) bond motifs is 1. The zero-order valence-corrected chi connectivity index (χ0v) is 16.8. The van der Waals surface area contributed by atoms with Gasteiger partial charge in [0.15, 0.2) is 0 Å². The maximum atomic E-state index is 12.0. The summed E-state index contributed by atoms with van der Waals surface area (Å²) in [5.41, 5.74) is 4.89. The van der Waals surface area contributed by atoms with Crippen molar-refractivity contribution in [3.05, 3.63) is 59.7 Å². The molecule has 142 valence electrons. The molecule has 0 aromatic heterocycles. The van der Waals surface area contributed by atoms with E-state index in [4.69, 9.17) is 0 Å². The first kappa shape index (κ1) is 22.3. The lowest BCUT2D eigenvalue weighted by atomic mass is 10.1. The summed E-state index contributed by atoms with van der Waals surface area (Å²) in [4.78, 5) is 14.5. The third-order valence-electron chi connectivity index (χ3n) is 4.54. The third-order valence-corrected chi connectivity index (χ3v) is 4.54. The number of amides is 1. The molecule has 1 unspecified atom stereocenters. The summed E-state index contributed by atoms with van der Waals surface area (Å²) in [6, 6.07) is 16.8. The summed E-state index contributed by atoms with van der Waals surface area (Å²) >= 11 is 0. The summed E-state index contributed by atoms with van der Waals surface area (Å²) in [5.74, 6) is 0.00125. The molecule has 0 bridgehead atoms. The smallest absolute Gasteiger partial charge is 0.228 e. The monoisotopic (exact) mass is 395 g/mol. The van der Waals surface area contributed by atoms with Crippen LogP contribution in [0.3, 0.4) is 0 Å². The first-order valence-corrected chi connectivity index (χ1v) is 8.54. The normalized spacial score (nSPS) is 13.2. The number of halogens is 2. The van der Waals surface area contributed by atoms with E-state index in [0.717, 1.165) is 25.2 Å².